The van der Waals surface area contributed by atoms with Crippen LogP contribution in [-0.2, 0) is 4.79 Å². The monoisotopic (exact) mass is 312 g/mol. The van der Waals surface area contributed by atoms with E-state index in [1.807, 2.05) is 12.1 Å². The quantitative estimate of drug-likeness (QED) is 0.881. The molecule has 0 aromatic heterocycles. The molecule has 0 bridgehead atoms. The number of carbonyl (C=O) groups excluding carboxylic acids is 1. The number of carbonyl (C=O) groups is 2. The molecule has 1 aromatic carbocycles. The number of urea groups is 1. The molecule has 2 N–H and O–H groups in total. The molecule has 1 aromatic rings. The second-order valence-electron chi connectivity index (χ2n) is 4.10. The van der Waals surface area contributed by atoms with E-state index < -0.39 is 12.0 Å². The summed E-state index contributed by atoms with van der Waals surface area (Å²) in [6, 6.07) is 6.14. The van der Waals surface area contributed by atoms with Gasteiger partial charge in [0.25, 0.3) is 0 Å². The van der Waals surface area contributed by atoms with E-state index in [4.69, 9.17) is 5.11 Å². The predicted molar refractivity (Wildman–Crippen MR) is 70.5 cm³/mol. The van der Waals surface area contributed by atoms with Crippen molar-refractivity contribution in [3.8, 4) is 0 Å². The Labute approximate surface area is 113 Å². The van der Waals surface area contributed by atoms with Crippen LogP contribution >= 0.6 is 15.9 Å². The Bertz CT molecular complexity index is 478. The Morgan fingerprint density at radius 3 is 2.78 bits per heavy atom. The molecule has 1 aliphatic heterocycles. The number of carboxylic acids is 1. The summed E-state index contributed by atoms with van der Waals surface area (Å²) in [5, 5.41) is 11.7. The third kappa shape index (κ3) is 2.64. The lowest BCUT2D eigenvalue weighted by atomic mass is 10.2. The highest BCUT2D eigenvalue weighted by molar-refractivity contribution is 9.10. The molecule has 1 saturated heterocycles. The van der Waals surface area contributed by atoms with Gasteiger partial charge in [-0.15, -0.1) is 0 Å². The fraction of sp³-hybridized carbons (Fsp3) is 0.333. The van der Waals surface area contributed by atoms with Crippen molar-refractivity contribution in [3.05, 3.63) is 28.7 Å². The topological polar surface area (TPSA) is 69.6 Å². The number of nitrogens with one attached hydrogen (secondary N) is 1. The van der Waals surface area contributed by atoms with Gasteiger partial charge in [0.2, 0.25) is 0 Å². The van der Waals surface area contributed by atoms with Crippen LogP contribution in [0.25, 0.3) is 0 Å². The van der Waals surface area contributed by atoms with Crippen LogP contribution in [0.1, 0.15) is 12.8 Å². The fourth-order valence-corrected chi connectivity index (χ4v) is 2.40. The minimum absolute atomic E-state index is 0.369. The van der Waals surface area contributed by atoms with Crippen LogP contribution in [0.4, 0.5) is 10.5 Å². The van der Waals surface area contributed by atoms with E-state index in [0.717, 1.165) is 10.9 Å². The molecule has 18 heavy (non-hydrogen) atoms. The number of nitrogens with zero attached hydrogens (tertiary/aromatic N) is 1. The minimum atomic E-state index is -0.949. The van der Waals surface area contributed by atoms with Gasteiger partial charge in [0.1, 0.15) is 6.04 Å². The SMILES string of the molecule is O=C(O)[C@H]1CCCN1C(=O)Nc1ccccc1Br. The lowest BCUT2D eigenvalue weighted by molar-refractivity contribution is -0.141. The minimum Gasteiger partial charge on any atom is -0.480 e. The fourth-order valence-electron chi connectivity index (χ4n) is 2.02. The van der Waals surface area contributed by atoms with Crippen LogP contribution in [0.3, 0.4) is 0 Å². The van der Waals surface area contributed by atoms with Gasteiger partial charge >= 0.3 is 12.0 Å². The highest BCUT2D eigenvalue weighted by atomic mass is 79.9. The van der Waals surface area contributed by atoms with Crippen molar-refractivity contribution < 1.29 is 14.7 Å². The van der Waals surface area contributed by atoms with Gasteiger partial charge in [-0.1, -0.05) is 12.1 Å². The van der Waals surface area contributed by atoms with Crippen LogP contribution in [0.15, 0.2) is 28.7 Å². The molecule has 2 amide bonds. The summed E-state index contributed by atoms with van der Waals surface area (Å²) in [6.07, 6.45) is 1.24. The lowest BCUT2D eigenvalue weighted by Gasteiger charge is -2.22. The van der Waals surface area contributed by atoms with Gasteiger partial charge in [-0.05, 0) is 40.9 Å². The first-order chi connectivity index (χ1) is 8.59. The molecule has 1 fully saturated rings. The molecule has 0 spiro atoms. The molecule has 1 aliphatic rings. The molecule has 5 nitrogen and oxygen atoms in total. The number of benzene rings is 1. The van der Waals surface area contributed by atoms with Crippen LogP contribution in [0.2, 0.25) is 0 Å². The molecular weight excluding hydrogens is 300 g/mol. The first-order valence-corrected chi connectivity index (χ1v) is 6.44. The van der Waals surface area contributed by atoms with Crippen LogP contribution in [0.5, 0.6) is 0 Å². The van der Waals surface area contributed by atoms with Crippen LogP contribution in [0, 0.1) is 0 Å². The molecule has 96 valence electrons. The first kappa shape index (κ1) is 12.9. The number of carboxylic acid groups (broad SMARTS) is 1. The van der Waals surface area contributed by atoms with Crippen LogP contribution < -0.4 is 5.32 Å². The Morgan fingerprint density at radius 2 is 2.11 bits per heavy atom. The number of rotatable bonds is 2. The Kier molecular flexibility index (Phi) is 3.86. The normalized spacial score (nSPS) is 18.7. The van der Waals surface area contributed by atoms with Gasteiger partial charge in [0.15, 0.2) is 0 Å². The largest absolute Gasteiger partial charge is 0.480 e. The summed E-state index contributed by atoms with van der Waals surface area (Å²) >= 11 is 3.33. The van der Waals surface area contributed by atoms with E-state index in [9.17, 15) is 9.59 Å². The number of aliphatic carboxylic acids is 1. The molecule has 0 unspecified atom stereocenters. The van der Waals surface area contributed by atoms with Crippen molar-refractivity contribution in [3.63, 3.8) is 0 Å². The van der Waals surface area contributed by atoms with E-state index in [1.165, 1.54) is 4.90 Å². The van der Waals surface area contributed by atoms with Gasteiger partial charge in [0, 0.05) is 11.0 Å². The van der Waals surface area contributed by atoms with E-state index >= 15 is 0 Å². The van der Waals surface area contributed by atoms with Crippen molar-refractivity contribution in [2.24, 2.45) is 0 Å². The summed E-state index contributed by atoms with van der Waals surface area (Å²) < 4.78 is 0.768. The molecule has 1 heterocycles. The zero-order valence-corrected chi connectivity index (χ0v) is 11.2. The lowest BCUT2D eigenvalue weighted by Crippen LogP contribution is -2.42. The molecule has 2 rings (SSSR count). The van der Waals surface area contributed by atoms with Crippen molar-refractivity contribution in [1.82, 2.24) is 4.90 Å². The third-order valence-corrected chi connectivity index (χ3v) is 3.61. The van der Waals surface area contributed by atoms with Gasteiger partial charge in [0.05, 0.1) is 5.69 Å². The highest BCUT2D eigenvalue weighted by Crippen LogP contribution is 2.23. The van der Waals surface area contributed by atoms with Crippen molar-refractivity contribution in [1.29, 1.82) is 0 Å². The summed E-state index contributed by atoms with van der Waals surface area (Å²) in [4.78, 5) is 24.4. The summed E-state index contributed by atoms with van der Waals surface area (Å²) in [5.41, 5.74) is 0.638. The third-order valence-electron chi connectivity index (χ3n) is 2.91. The number of hydrogen-bond donors (Lipinski definition) is 2. The highest BCUT2D eigenvalue weighted by Gasteiger charge is 2.34. The zero-order valence-electron chi connectivity index (χ0n) is 9.60. The van der Waals surface area contributed by atoms with E-state index in [0.29, 0.717) is 18.7 Å². The predicted octanol–water partition coefficient (Wildman–Crippen LogP) is 2.53. The number of para-hydroxylation sites is 1. The van der Waals surface area contributed by atoms with Gasteiger partial charge < -0.3 is 15.3 Å². The maximum Gasteiger partial charge on any atom is 0.326 e. The number of hydrogen-bond acceptors (Lipinski definition) is 2. The van der Waals surface area contributed by atoms with Gasteiger partial charge in [-0.25, -0.2) is 9.59 Å². The first-order valence-electron chi connectivity index (χ1n) is 5.64. The molecular formula is C12H13BrN2O3. The van der Waals surface area contributed by atoms with E-state index in [-0.39, 0.29) is 6.03 Å². The van der Waals surface area contributed by atoms with Gasteiger partial charge in [-0.3, -0.25) is 0 Å². The van der Waals surface area contributed by atoms with Crippen molar-refractivity contribution in [2.45, 2.75) is 18.9 Å². The van der Waals surface area contributed by atoms with Crippen molar-refractivity contribution in [2.75, 3.05) is 11.9 Å². The van der Waals surface area contributed by atoms with E-state index in [1.54, 1.807) is 12.1 Å². The maximum atomic E-state index is 12.0. The number of halogens is 1. The van der Waals surface area contributed by atoms with E-state index in [2.05, 4.69) is 21.2 Å². The Morgan fingerprint density at radius 1 is 1.39 bits per heavy atom. The number of likely N-dealkylation sites (tertiary alicyclic amines) is 1. The summed E-state index contributed by atoms with van der Waals surface area (Å²) in [7, 11) is 0. The maximum absolute atomic E-state index is 12.0. The molecule has 0 saturated carbocycles. The molecule has 0 aliphatic carbocycles. The second-order valence-corrected chi connectivity index (χ2v) is 4.95. The molecule has 0 radical (unpaired) electrons. The summed E-state index contributed by atoms with van der Waals surface area (Å²) in [6.45, 7) is 0.479. The average Bonchev–Trinajstić information content (AvgIpc) is 2.81. The number of anilines is 1. The summed E-state index contributed by atoms with van der Waals surface area (Å²) in [5.74, 6) is -0.949. The number of amides is 2. The Balaban J connectivity index is 2.08. The Hall–Kier alpha value is -1.56. The smallest absolute Gasteiger partial charge is 0.326 e. The molecule has 6 heteroatoms. The zero-order chi connectivity index (χ0) is 13.1. The van der Waals surface area contributed by atoms with Crippen molar-refractivity contribution >= 4 is 33.6 Å². The van der Waals surface area contributed by atoms with Crippen LogP contribution in [-0.4, -0.2) is 34.6 Å². The standard InChI is InChI=1S/C12H13BrN2O3/c13-8-4-1-2-5-9(8)14-12(18)15-7-3-6-10(15)11(16)17/h1-2,4-5,10H,3,6-7H2,(H,14,18)(H,16,17)/t10-/m1/s1. The average molecular weight is 313 g/mol. The van der Waals surface area contributed by atoms with Gasteiger partial charge in [-0.2, -0.15) is 0 Å². The molecule has 1 atom stereocenters. The second kappa shape index (κ2) is 5.39.